The van der Waals surface area contributed by atoms with E-state index in [2.05, 4.69) is 32.3 Å². The number of nitrogens with zero attached hydrogens (tertiary/aromatic N) is 3. The predicted octanol–water partition coefficient (Wildman–Crippen LogP) is 3.79. The van der Waals surface area contributed by atoms with Gasteiger partial charge in [0.2, 0.25) is 5.91 Å². The molecule has 26 heavy (non-hydrogen) atoms. The van der Waals surface area contributed by atoms with E-state index in [-0.39, 0.29) is 17.9 Å². The summed E-state index contributed by atoms with van der Waals surface area (Å²) in [7, 11) is 0. The Morgan fingerprint density at radius 3 is 2.69 bits per heavy atom. The normalized spacial score (nSPS) is 16.6. The number of pyridine rings is 1. The summed E-state index contributed by atoms with van der Waals surface area (Å²) in [5.41, 5.74) is 2.09. The molecule has 0 unspecified atom stereocenters. The van der Waals surface area contributed by atoms with E-state index in [0.29, 0.717) is 0 Å². The molecule has 0 aliphatic carbocycles. The Kier molecular flexibility index (Phi) is 4.84. The second-order valence-electron chi connectivity index (χ2n) is 6.73. The standard InChI is InChI=1S/C20H22N4OS/c1-14(15-6-3-2-4-7-15)22-18(25)16-9-12-24(13-10-16)20-23-17-8-5-11-21-19(17)26-20/h2-8,11,14,16H,9-10,12-13H2,1H3,(H,22,25)/t14-/m0/s1. The quantitative estimate of drug-likeness (QED) is 0.763. The van der Waals surface area contributed by atoms with Crippen LogP contribution in [0.25, 0.3) is 10.3 Å². The number of thiazole rings is 1. The van der Waals surface area contributed by atoms with Gasteiger partial charge in [-0.3, -0.25) is 4.79 Å². The zero-order valence-corrected chi connectivity index (χ0v) is 15.6. The van der Waals surface area contributed by atoms with Gasteiger partial charge in [0.05, 0.1) is 6.04 Å². The van der Waals surface area contributed by atoms with E-state index >= 15 is 0 Å². The number of carbonyl (C=O) groups is 1. The molecular formula is C20H22N4OS. The summed E-state index contributed by atoms with van der Waals surface area (Å²) >= 11 is 1.62. The van der Waals surface area contributed by atoms with Gasteiger partial charge in [0.25, 0.3) is 0 Å². The molecule has 1 aliphatic rings. The minimum atomic E-state index is 0.0389. The van der Waals surface area contributed by atoms with Crippen LogP contribution in [0.2, 0.25) is 0 Å². The Labute approximate surface area is 157 Å². The largest absolute Gasteiger partial charge is 0.349 e. The molecule has 4 rings (SSSR count). The highest BCUT2D eigenvalue weighted by Crippen LogP contribution is 2.30. The Bertz CT molecular complexity index is 854. The van der Waals surface area contributed by atoms with Crippen LogP contribution in [-0.4, -0.2) is 29.0 Å². The van der Waals surface area contributed by atoms with E-state index in [4.69, 9.17) is 0 Å². The zero-order chi connectivity index (χ0) is 17.9. The van der Waals surface area contributed by atoms with Crippen LogP contribution in [0.3, 0.4) is 0 Å². The van der Waals surface area contributed by atoms with Crippen molar-refractivity contribution < 1.29 is 4.79 Å². The highest BCUT2D eigenvalue weighted by Gasteiger charge is 2.27. The van der Waals surface area contributed by atoms with Gasteiger partial charge in [-0.25, -0.2) is 9.97 Å². The van der Waals surface area contributed by atoms with Crippen LogP contribution in [-0.2, 0) is 4.79 Å². The third-order valence-electron chi connectivity index (χ3n) is 4.95. The fraction of sp³-hybridized carbons (Fsp3) is 0.350. The predicted molar refractivity (Wildman–Crippen MR) is 105 cm³/mol. The van der Waals surface area contributed by atoms with E-state index in [0.717, 1.165) is 47.0 Å². The van der Waals surface area contributed by atoms with E-state index in [1.165, 1.54) is 0 Å². The molecule has 0 radical (unpaired) electrons. The molecule has 0 spiro atoms. The summed E-state index contributed by atoms with van der Waals surface area (Å²) in [4.78, 5) is 24.9. The summed E-state index contributed by atoms with van der Waals surface area (Å²) < 4.78 is 0. The number of hydrogen-bond donors (Lipinski definition) is 1. The van der Waals surface area contributed by atoms with Gasteiger partial charge in [0.15, 0.2) is 5.13 Å². The van der Waals surface area contributed by atoms with Crippen LogP contribution >= 0.6 is 11.3 Å². The minimum Gasteiger partial charge on any atom is -0.349 e. The molecule has 1 atom stereocenters. The lowest BCUT2D eigenvalue weighted by molar-refractivity contribution is -0.126. The molecule has 3 heterocycles. The number of anilines is 1. The number of piperidine rings is 1. The van der Waals surface area contributed by atoms with Crippen molar-refractivity contribution in [3.63, 3.8) is 0 Å². The first-order chi connectivity index (χ1) is 12.7. The highest BCUT2D eigenvalue weighted by molar-refractivity contribution is 7.21. The van der Waals surface area contributed by atoms with E-state index in [1.807, 2.05) is 37.3 Å². The van der Waals surface area contributed by atoms with Crippen LogP contribution in [0, 0.1) is 5.92 Å². The number of hydrogen-bond acceptors (Lipinski definition) is 5. The minimum absolute atomic E-state index is 0.0389. The summed E-state index contributed by atoms with van der Waals surface area (Å²) in [5.74, 6) is 0.233. The van der Waals surface area contributed by atoms with Gasteiger partial charge >= 0.3 is 0 Å². The molecule has 1 fully saturated rings. The van der Waals surface area contributed by atoms with Crippen LogP contribution in [0.5, 0.6) is 0 Å². The smallest absolute Gasteiger partial charge is 0.223 e. The first-order valence-electron chi connectivity index (χ1n) is 9.02. The molecule has 1 aliphatic heterocycles. The lowest BCUT2D eigenvalue weighted by Crippen LogP contribution is -2.41. The maximum atomic E-state index is 12.6. The Balaban J connectivity index is 1.35. The number of aromatic nitrogens is 2. The van der Waals surface area contributed by atoms with Crippen molar-refractivity contribution in [3.05, 3.63) is 54.2 Å². The second-order valence-corrected chi connectivity index (χ2v) is 7.68. The molecule has 134 valence electrons. The lowest BCUT2D eigenvalue weighted by Gasteiger charge is -2.31. The number of nitrogens with one attached hydrogen (secondary N) is 1. The zero-order valence-electron chi connectivity index (χ0n) is 14.8. The van der Waals surface area contributed by atoms with Crippen molar-refractivity contribution in [2.24, 2.45) is 5.92 Å². The Morgan fingerprint density at radius 2 is 1.96 bits per heavy atom. The monoisotopic (exact) mass is 366 g/mol. The second kappa shape index (κ2) is 7.41. The molecule has 2 aromatic heterocycles. The average molecular weight is 366 g/mol. The fourth-order valence-electron chi connectivity index (χ4n) is 3.38. The van der Waals surface area contributed by atoms with Crippen LogP contribution in [0.1, 0.15) is 31.4 Å². The molecule has 1 saturated heterocycles. The van der Waals surface area contributed by atoms with Crippen molar-refractivity contribution >= 4 is 32.7 Å². The highest BCUT2D eigenvalue weighted by atomic mass is 32.1. The van der Waals surface area contributed by atoms with E-state index in [9.17, 15) is 4.79 Å². The number of carbonyl (C=O) groups excluding carboxylic acids is 1. The summed E-state index contributed by atoms with van der Waals surface area (Å²) in [6.45, 7) is 3.76. The molecular weight excluding hydrogens is 344 g/mol. The first-order valence-corrected chi connectivity index (χ1v) is 9.84. The van der Waals surface area contributed by atoms with E-state index < -0.39 is 0 Å². The van der Waals surface area contributed by atoms with Gasteiger partial charge in [-0.15, -0.1) is 0 Å². The molecule has 3 aromatic rings. The van der Waals surface area contributed by atoms with Gasteiger partial charge in [-0.05, 0) is 37.5 Å². The topological polar surface area (TPSA) is 58.1 Å². The van der Waals surface area contributed by atoms with Gasteiger partial charge < -0.3 is 10.2 Å². The van der Waals surface area contributed by atoms with Crippen LogP contribution < -0.4 is 10.2 Å². The van der Waals surface area contributed by atoms with Crippen molar-refractivity contribution in [3.8, 4) is 0 Å². The molecule has 1 aromatic carbocycles. The molecule has 1 N–H and O–H groups in total. The number of fused-ring (bicyclic) bond motifs is 1. The third-order valence-corrected chi connectivity index (χ3v) is 5.99. The van der Waals surface area contributed by atoms with Crippen LogP contribution in [0.15, 0.2) is 48.7 Å². The molecule has 5 nitrogen and oxygen atoms in total. The van der Waals surface area contributed by atoms with Crippen molar-refractivity contribution in [2.45, 2.75) is 25.8 Å². The Hall–Kier alpha value is -2.47. The van der Waals surface area contributed by atoms with Crippen molar-refractivity contribution in [2.75, 3.05) is 18.0 Å². The molecule has 0 saturated carbocycles. The van der Waals surface area contributed by atoms with Crippen LogP contribution in [0.4, 0.5) is 5.13 Å². The Morgan fingerprint density at radius 1 is 1.19 bits per heavy atom. The summed E-state index contributed by atoms with van der Waals surface area (Å²) in [6, 6.07) is 14.0. The van der Waals surface area contributed by atoms with Gasteiger partial charge in [0, 0.05) is 25.2 Å². The maximum Gasteiger partial charge on any atom is 0.223 e. The average Bonchev–Trinajstić information content (AvgIpc) is 3.13. The first kappa shape index (κ1) is 17.0. The van der Waals surface area contributed by atoms with Gasteiger partial charge in [0.1, 0.15) is 10.3 Å². The van der Waals surface area contributed by atoms with Gasteiger partial charge in [-0.1, -0.05) is 41.7 Å². The SMILES string of the molecule is C[C@H](NC(=O)C1CCN(c2nc3cccnc3s2)CC1)c1ccccc1. The lowest BCUT2D eigenvalue weighted by atomic mass is 9.95. The fourth-order valence-corrected chi connectivity index (χ4v) is 4.34. The summed E-state index contributed by atoms with van der Waals surface area (Å²) in [6.07, 6.45) is 3.52. The molecule has 1 amide bonds. The maximum absolute atomic E-state index is 12.6. The molecule has 6 heteroatoms. The van der Waals surface area contributed by atoms with Crippen molar-refractivity contribution in [1.82, 2.24) is 15.3 Å². The number of amides is 1. The number of benzene rings is 1. The molecule has 0 bridgehead atoms. The van der Waals surface area contributed by atoms with Crippen molar-refractivity contribution in [1.29, 1.82) is 0 Å². The summed E-state index contributed by atoms with van der Waals surface area (Å²) in [5, 5.41) is 4.17. The third kappa shape index (κ3) is 3.55. The van der Waals surface area contributed by atoms with Gasteiger partial charge in [-0.2, -0.15) is 0 Å². The van der Waals surface area contributed by atoms with E-state index in [1.54, 1.807) is 17.5 Å². The number of rotatable bonds is 4.